The van der Waals surface area contributed by atoms with Crippen molar-refractivity contribution in [2.45, 2.75) is 24.7 Å². The van der Waals surface area contributed by atoms with Crippen LogP contribution in [0, 0.1) is 0 Å². The van der Waals surface area contributed by atoms with Gasteiger partial charge in [-0.3, -0.25) is 4.79 Å². The van der Waals surface area contributed by atoms with Crippen LogP contribution >= 0.6 is 0 Å². The van der Waals surface area contributed by atoms with E-state index in [1.165, 1.54) is 24.5 Å². The molecule has 8 nitrogen and oxygen atoms in total. The molecule has 134 valence electrons. The molecule has 1 heterocycles. The summed E-state index contributed by atoms with van der Waals surface area (Å²) in [7, 11) is -3.69. The fourth-order valence-electron chi connectivity index (χ4n) is 2.04. The summed E-state index contributed by atoms with van der Waals surface area (Å²) in [6.07, 6.45) is 4.47. The topological polar surface area (TPSA) is 127 Å². The first kappa shape index (κ1) is 18.8. The van der Waals surface area contributed by atoms with Crippen molar-refractivity contribution in [2.75, 3.05) is 18.4 Å². The van der Waals surface area contributed by atoms with Gasteiger partial charge in [0, 0.05) is 25.5 Å². The number of primary sulfonamides is 1. The Kier molecular flexibility index (Phi) is 6.43. The molecule has 0 aliphatic rings. The Labute approximate surface area is 146 Å². The molecule has 0 aliphatic heterocycles. The second kappa shape index (κ2) is 8.54. The average molecular weight is 363 g/mol. The smallest absolute Gasteiger partial charge is 0.254 e. The molecule has 0 fully saturated rings. The number of aromatic nitrogens is 2. The summed E-state index contributed by atoms with van der Waals surface area (Å²) < 4.78 is 22.4. The molecule has 1 amide bonds. The molecule has 0 aliphatic carbocycles. The number of benzene rings is 1. The van der Waals surface area contributed by atoms with Crippen molar-refractivity contribution >= 4 is 21.9 Å². The van der Waals surface area contributed by atoms with E-state index in [4.69, 9.17) is 5.14 Å². The number of sulfonamides is 1. The van der Waals surface area contributed by atoms with E-state index >= 15 is 0 Å². The van der Waals surface area contributed by atoms with Crippen LogP contribution in [-0.2, 0) is 16.4 Å². The highest BCUT2D eigenvalue weighted by Gasteiger charge is 2.08. The maximum atomic E-state index is 12.0. The average Bonchev–Trinajstić information content (AvgIpc) is 2.60. The highest BCUT2D eigenvalue weighted by atomic mass is 32.2. The van der Waals surface area contributed by atoms with Crippen molar-refractivity contribution < 1.29 is 13.2 Å². The molecule has 0 atom stereocenters. The van der Waals surface area contributed by atoms with Crippen molar-refractivity contribution in [1.29, 1.82) is 0 Å². The Balaban J connectivity index is 1.83. The van der Waals surface area contributed by atoms with Gasteiger partial charge in [0.25, 0.3) is 5.91 Å². The molecule has 2 aromatic rings. The molecular formula is C16H21N5O3S. The Hall–Kier alpha value is -2.52. The second-order valence-corrected chi connectivity index (χ2v) is 6.98. The Morgan fingerprint density at radius 2 is 1.76 bits per heavy atom. The predicted molar refractivity (Wildman–Crippen MR) is 94.7 cm³/mol. The molecule has 4 N–H and O–H groups in total. The van der Waals surface area contributed by atoms with Crippen molar-refractivity contribution in [3.05, 3.63) is 47.8 Å². The minimum atomic E-state index is -3.69. The zero-order chi connectivity index (χ0) is 18.3. The standard InChI is InChI=1S/C16H21N5O3S/c1-2-8-19-16-20-10-13(11-21-16)15(22)18-9-7-12-3-5-14(6-4-12)25(17,23)24/h3-6,10-11H,2,7-9H2,1H3,(H,18,22)(H2,17,23,24)(H,19,20,21). The lowest BCUT2D eigenvalue weighted by atomic mass is 10.1. The third kappa shape index (κ3) is 5.80. The SMILES string of the molecule is CCCNc1ncc(C(=O)NCCc2ccc(S(N)(=O)=O)cc2)cn1. The number of anilines is 1. The number of carbonyl (C=O) groups is 1. The minimum Gasteiger partial charge on any atom is -0.354 e. The maximum absolute atomic E-state index is 12.0. The van der Waals surface area contributed by atoms with Crippen LogP contribution in [0.1, 0.15) is 29.3 Å². The number of amides is 1. The molecule has 2 rings (SSSR count). The lowest BCUT2D eigenvalue weighted by Crippen LogP contribution is -2.26. The summed E-state index contributed by atoms with van der Waals surface area (Å²) in [4.78, 5) is 20.3. The first-order valence-corrected chi connectivity index (χ1v) is 9.40. The number of nitrogens with one attached hydrogen (secondary N) is 2. The van der Waals surface area contributed by atoms with Gasteiger partial charge < -0.3 is 10.6 Å². The van der Waals surface area contributed by atoms with Gasteiger partial charge >= 0.3 is 0 Å². The fraction of sp³-hybridized carbons (Fsp3) is 0.312. The number of hydrogen-bond acceptors (Lipinski definition) is 6. The van der Waals surface area contributed by atoms with E-state index in [0.29, 0.717) is 24.5 Å². The molecule has 9 heteroatoms. The van der Waals surface area contributed by atoms with E-state index in [1.54, 1.807) is 12.1 Å². The first-order valence-electron chi connectivity index (χ1n) is 7.86. The summed E-state index contributed by atoms with van der Waals surface area (Å²) in [5, 5.41) is 10.9. The van der Waals surface area contributed by atoms with Crippen molar-refractivity contribution in [1.82, 2.24) is 15.3 Å². The molecular weight excluding hydrogens is 342 g/mol. The van der Waals surface area contributed by atoms with E-state index in [2.05, 4.69) is 20.6 Å². The van der Waals surface area contributed by atoms with Crippen molar-refractivity contribution in [3.8, 4) is 0 Å². The molecule has 0 bridgehead atoms. The predicted octanol–water partition coefficient (Wildman–Crippen LogP) is 0.918. The van der Waals surface area contributed by atoms with E-state index in [-0.39, 0.29) is 10.8 Å². The zero-order valence-corrected chi connectivity index (χ0v) is 14.7. The number of hydrogen-bond donors (Lipinski definition) is 3. The van der Waals surface area contributed by atoms with E-state index in [0.717, 1.165) is 18.5 Å². The third-order valence-corrected chi connectivity index (χ3v) is 4.33. The Morgan fingerprint density at radius 1 is 1.12 bits per heavy atom. The Bertz CT molecular complexity index is 805. The van der Waals surface area contributed by atoms with Crippen LogP contribution in [0.4, 0.5) is 5.95 Å². The molecule has 1 aromatic heterocycles. The molecule has 0 saturated heterocycles. The van der Waals surface area contributed by atoms with Crippen LogP contribution in [0.15, 0.2) is 41.6 Å². The lowest BCUT2D eigenvalue weighted by Gasteiger charge is -2.07. The van der Waals surface area contributed by atoms with Crippen LogP contribution in [-0.4, -0.2) is 37.4 Å². The van der Waals surface area contributed by atoms with Crippen molar-refractivity contribution in [2.24, 2.45) is 5.14 Å². The van der Waals surface area contributed by atoms with Crippen LogP contribution in [0.2, 0.25) is 0 Å². The largest absolute Gasteiger partial charge is 0.354 e. The van der Waals surface area contributed by atoms with Crippen molar-refractivity contribution in [3.63, 3.8) is 0 Å². The highest BCUT2D eigenvalue weighted by molar-refractivity contribution is 7.89. The highest BCUT2D eigenvalue weighted by Crippen LogP contribution is 2.09. The fourth-order valence-corrected chi connectivity index (χ4v) is 2.56. The summed E-state index contributed by atoms with van der Waals surface area (Å²) in [6, 6.07) is 6.23. The first-order chi connectivity index (χ1) is 11.9. The zero-order valence-electron chi connectivity index (χ0n) is 13.9. The van der Waals surface area contributed by atoms with E-state index in [9.17, 15) is 13.2 Å². The quantitative estimate of drug-likeness (QED) is 0.640. The van der Waals surface area contributed by atoms with Gasteiger partial charge in [-0.15, -0.1) is 0 Å². The normalized spacial score (nSPS) is 11.1. The lowest BCUT2D eigenvalue weighted by molar-refractivity contribution is 0.0953. The van der Waals surface area contributed by atoms with Crippen LogP contribution in [0.5, 0.6) is 0 Å². The number of carbonyl (C=O) groups excluding carboxylic acids is 1. The van der Waals surface area contributed by atoms with Gasteiger partial charge in [-0.2, -0.15) is 0 Å². The van der Waals surface area contributed by atoms with Gasteiger partial charge in [0.2, 0.25) is 16.0 Å². The van der Waals surface area contributed by atoms with Gasteiger partial charge in [0.05, 0.1) is 10.5 Å². The Morgan fingerprint density at radius 3 is 2.32 bits per heavy atom. The summed E-state index contributed by atoms with van der Waals surface area (Å²) >= 11 is 0. The van der Waals surface area contributed by atoms with Crippen LogP contribution in [0.3, 0.4) is 0 Å². The van der Waals surface area contributed by atoms with Gasteiger partial charge in [0.1, 0.15) is 0 Å². The molecule has 0 spiro atoms. The van der Waals surface area contributed by atoms with Gasteiger partial charge in [0.15, 0.2) is 0 Å². The monoisotopic (exact) mass is 363 g/mol. The second-order valence-electron chi connectivity index (χ2n) is 5.42. The molecule has 25 heavy (non-hydrogen) atoms. The van der Waals surface area contributed by atoms with E-state index in [1.807, 2.05) is 6.92 Å². The van der Waals surface area contributed by atoms with E-state index < -0.39 is 10.0 Å². The molecule has 0 saturated carbocycles. The minimum absolute atomic E-state index is 0.0641. The maximum Gasteiger partial charge on any atom is 0.254 e. The molecule has 1 aromatic carbocycles. The summed E-state index contributed by atoms with van der Waals surface area (Å²) in [5.74, 6) is 0.233. The van der Waals surface area contributed by atoms with Gasteiger partial charge in [-0.05, 0) is 30.5 Å². The number of rotatable bonds is 8. The number of nitrogens with two attached hydrogens (primary N) is 1. The van der Waals surface area contributed by atoms with Crippen LogP contribution < -0.4 is 15.8 Å². The summed E-state index contributed by atoms with van der Waals surface area (Å²) in [6.45, 7) is 3.22. The molecule has 0 radical (unpaired) electrons. The van der Waals surface area contributed by atoms with Gasteiger partial charge in [-0.1, -0.05) is 19.1 Å². The van der Waals surface area contributed by atoms with Gasteiger partial charge in [-0.25, -0.2) is 23.5 Å². The third-order valence-electron chi connectivity index (χ3n) is 3.40. The number of nitrogens with zero attached hydrogens (tertiary/aromatic N) is 2. The summed E-state index contributed by atoms with van der Waals surface area (Å²) in [5.41, 5.74) is 1.27. The van der Waals surface area contributed by atoms with Crippen LogP contribution in [0.25, 0.3) is 0 Å². The molecule has 0 unspecified atom stereocenters.